The number of rotatable bonds is 9. The molecular weight excluding hydrogens is 274 g/mol. The lowest BCUT2D eigenvalue weighted by Gasteiger charge is -2.08. The summed E-state index contributed by atoms with van der Waals surface area (Å²) in [4.78, 5) is 8.62. The Hall–Kier alpha value is -1.94. The Bertz CT molecular complexity index is 572. The summed E-state index contributed by atoms with van der Waals surface area (Å²) in [6.45, 7) is 6.77. The molecule has 1 aromatic carbocycles. The van der Waals surface area contributed by atoms with Crippen molar-refractivity contribution in [2.45, 2.75) is 33.1 Å². The molecule has 0 amide bonds. The van der Waals surface area contributed by atoms with Crippen LogP contribution in [0.4, 0.5) is 5.82 Å². The Morgan fingerprint density at radius 1 is 1.09 bits per heavy atom. The van der Waals surface area contributed by atoms with E-state index in [1.54, 1.807) is 6.33 Å². The van der Waals surface area contributed by atoms with E-state index in [1.807, 2.05) is 12.1 Å². The summed E-state index contributed by atoms with van der Waals surface area (Å²) in [5.74, 6) is 0.861. The minimum atomic E-state index is 0.794. The van der Waals surface area contributed by atoms with Gasteiger partial charge in [0.2, 0.25) is 0 Å². The standard InChI is InChI=1S/C18H25N3O/c1-3-4-10-22-11-6-9-19-18-13-17(20-14-21-18)16-8-5-7-15(2)12-16/h5,7-8,12-14H,3-4,6,9-11H2,1-2H3,(H,19,20,21). The summed E-state index contributed by atoms with van der Waals surface area (Å²) in [5.41, 5.74) is 3.29. The number of hydrogen-bond donors (Lipinski definition) is 1. The summed E-state index contributed by atoms with van der Waals surface area (Å²) in [6, 6.07) is 10.3. The van der Waals surface area contributed by atoms with Crippen LogP contribution in [-0.2, 0) is 4.74 Å². The number of aromatic nitrogens is 2. The molecule has 4 nitrogen and oxygen atoms in total. The van der Waals surface area contributed by atoms with Crippen molar-refractivity contribution >= 4 is 5.82 Å². The van der Waals surface area contributed by atoms with Crippen LogP contribution >= 0.6 is 0 Å². The van der Waals surface area contributed by atoms with Gasteiger partial charge in [-0.3, -0.25) is 0 Å². The van der Waals surface area contributed by atoms with Gasteiger partial charge in [0, 0.05) is 31.4 Å². The van der Waals surface area contributed by atoms with Crippen LogP contribution in [0.25, 0.3) is 11.3 Å². The Morgan fingerprint density at radius 3 is 2.77 bits per heavy atom. The molecule has 0 saturated carbocycles. The summed E-state index contributed by atoms with van der Waals surface area (Å²) >= 11 is 0. The highest BCUT2D eigenvalue weighted by atomic mass is 16.5. The van der Waals surface area contributed by atoms with Gasteiger partial charge >= 0.3 is 0 Å². The van der Waals surface area contributed by atoms with Crippen molar-refractivity contribution in [3.05, 3.63) is 42.2 Å². The summed E-state index contributed by atoms with van der Waals surface area (Å²) in [7, 11) is 0. The van der Waals surface area contributed by atoms with E-state index >= 15 is 0 Å². The normalized spacial score (nSPS) is 10.6. The van der Waals surface area contributed by atoms with Gasteiger partial charge in [-0.1, -0.05) is 37.1 Å². The lowest BCUT2D eigenvalue weighted by Crippen LogP contribution is -2.07. The molecule has 118 valence electrons. The van der Waals surface area contributed by atoms with E-state index in [1.165, 1.54) is 12.0 Å². The van der Waals surface area contributed by atoms with E-state index in [0.717, 1.165) is 49.7 Å². The average molecular weight is 299 g/mol. The van der Waals surface area contributed by atoms with Crippen LogP contribution in [0.3, 0.4) is 0 Å². The molecule has 0 unspecified atom stereocenters. The third-order valence-corrected chi connectivity index (χ3v) is 3.39. The summed E-state index contributed by atoms with van der Waals surface area (Å²) in [5, 5.41) is 3.33. The van der Waals surface area contributed by atoms with Crippen molar-refractivity contribution in [1.82, 2.24) is 9.97 Å². The monoisotopic (exact) mass is 299 g/mol. The maximum absolute atomic E-state index is 5.55. The second kappa shape index (κ2) is 9.15. The molecule has 0 spiro atoms. The minimum absolute atomic E-state index is 0.794. The SMILES string of the molecule is CCCCOCCCNc1cc(-c2cccc(C)c2)ncn1. The van der Waals surface area contributed by atoms with Crippen LogP contribution in [0.15, 0.2) is 36.7 Å². The number of unbranched alkanes of at least 4 members (excludes halogenated alkanes) is 1. The first-order chi connectivity index (χ1) is 10.8. The number of hydrogen-bond acceptors (Lipinski definition) is 4. The first kappa shape index (κ1) is 16.4. The number of ether oxygens (including phenoxy) is 1. The van der Waals surface area contributed by atoms with E-state index in [9.17, 15) is 0 Å². The number of benzene rings is 1. The number of anilines is 1. The molecule has 0 aliphatic carbocycles. The van der Waals surface area contributed by atoms with Gasteiger partial charge in [-0.15, -0.1) is 0 Å². The molecule has 0 aliphatic rings. The second-order valence-corrected chi connectivity index (χ2v) is 5.40. The Morgan fingerprint density at radius 2 is 1.95 bits per heavy atom. The smallest absolute Gasteiger partial charge is 0.129 e. The van der Waals surface area contributed by atoms with Crippen molar-refractivity contribution < 1.29 is 4.74 Å². The zero-order chi connectivity index (χ0) is 15.6. The number of nitrogens with one attached hydrogen (secondary N) is 1. The molecule has 0 bridgehead atoms. The molecular formula is C18H25N3O. The predicted molar refractivity (Wildman–Crippen MR) is 91.0 cm³/mol. The zero-order valence-electron chi connectivity index (χ0n) is 13.5. The van der Waals surface area contributed by atoms with Crippen LogP contribution < -0.4 is 5.32 Å². The van der Waals surface area contributed by atoms with Crippen LogP contribution in [0.2, 0.25) is 0 Å². The van der Waals surface area contributed by atoms with Crippen LogP contribution in [0.1, 0.15) is 31.7 Å². The lowest BCUT2D eigenvalue weighted by atomic mass is 10.1. The third-order valence-electron chi connectivity index (χ3n) is 3.39. The van der Waals surface area contributed by atoms with Gasteiger partial charge in [0.05, 0.1) is 5.69 Å². The fraction of sp³-hybridized carbons (Fsp3) is 0.444. The highest BCUT2D eigenvalue weighted by Crippen LogP contribution is 2.19. The Kier molecular flexibility index (Phi) is 6.84. The maximum atomic E-state index is 5.55. The van der Waals surface area contributed by atoms with Crippen molar-refractivity contribution in [3.8, 4) is 11.3 Å². The van der Waals surface area contributed by atoms with E-state index in [-0.39, 0.29) is 0 Å². The molecule has 1 heterocycles. The minimum Gasteiger partial charge on any atom is -0.381 e. The highest BCUT2D eigenvalue weighted by molar-refractivity contribution is 5.62. The topological polar surface area (TPSA) is 47.0 Å². The quantitative estimate of drug-likeness (QED) is 0.709. The van der Waals surface area contributed by atoms with Crippen molar-refractivity contribution in [2.75, 3.05) is 25.1 Å². The van der Waals surface area contributed by atoms with Crippen molar-refractivity contribution in [3.63, 3.8) is 0 Å². The van der Waals surface area contributed by atoms with Crippen molar-refractivity contribution in [1.29, 1.82) is 0 Å². The largest absolute Gasteiger partial charge is 0.381 e. The molecule has 0 atom stereocenters. The van der Waals surface area contributed by atoms with Crippen LogP contribution in [0, 0.1) is 6.92 Å². The number of aryl methyl sites for hydroxylation is 1. The molecule has 2 aromatic rings. The van der Waals surface area contributed by atoms with Gasteiger partial charge in [-0.05, 0) is 25.8 Å². The molecule has 22 heavy (non-hydrogen) atoms. The molecule has 1 N–H and O–H groups in total. The summed E-state index contributed by atoms with van der Waals surface area (Å²) in [6.07, 6.45) is 4.91. The van der Waals surface area contributed by atoms with Gasteiger partial charge < -0.3 is 10.1 Å². The molecule has 0 fully saturated rings. The molecule has 4 heteroatoms. The second-order valence-electron chi connectivity index (χ2n) is 5.40. The van der Waals surface area contributed by atoms with Gasteiger partial charge in [0.15, 0.2) is 0 Å². The highest BCUT2D eigenvalue weighted by Gasteiger charge is 2.02. The third kappa shape index (κ3) is 5.45. The first-order valence-corrected chi connectivity index (χ1v) is 8.00. The molecule has 0 saturated heterocycles. The van der Waals surface area contributed by atoms with Gasteiger partial charge in [-0.25, -0.2) is 9.97 Å². The first-order valence-electron chi connectivity index (χ1n) is 8.00. The Balaban J connectivity index is 1.82. The molecule has 1 aromatic heterocycles. The van der Waals surface area contributed by atoms with Gasteiger partial charge in [0.25, 0.3) is 0 Å². The van der Waals surface area contributed by atoms with E-state index in [2.05, 4.69) is 47.3 Å². The van der Waals surface area contributed by atoms with E-state index in [4.69, 9.17) is 4.74 Å². The molecule has 2 rings (SSSR count). The maximum Gasteiger partial charge on any atom is 0.129 e. The van der Waals surface area contributed by atoms with Crippen molar-refractivity contribution in [2.24, 2.45) is 0 Å². The fourth-order valence-corrected chi connectivity index (χ4v) is 2.16. The zero-order valence-corrected chi connectivity index (χ0v) is 13.5. The lowest BCUT2D eigenvalue weighted by molar-refractivity contribution is 0.131. The fourth-order valence-electron chi connectivity index (χ4n) is 2.16. The predicted octanol–water partition coefficient (Wildman–Crippen LogP) is 4.07. The van der Waals surface area contributed by atoms with E-state index < -0.39 is 0 Å². The molecule has 0 aliphatic heterocycles. The van der Waals surface area contributed by atoms with Crippen LogP contribution in [-0.4, -0.2) is 29.7 Å². The Labute approximate surface area is 133 Å². The summed E-state index contributed by atoms with van der Waals surface area (Å²) < 4.78 is 5.55. The van der Waals surface area contributed by atoms with E-state index in [0.29, 0.717) is 0 Å². The number of nitrogens with zero attached hydrogens (tertiary/aromatic N) is 2. The van der Waals surface area contributed by atoms with Gasteiger partial charge in [0.1, 0.15) is 12.1 Å². The van der Waals surface area contributed by atoms with Crippen LogP contribution in [0.5, 0.6) is 0 Å². The molecule has 0 radical (unpaired) electrons. The average Bonchev–Trinajstić information content (AvgIpc) is 2.54. The van der Waals surface area contributed by atoms with Gasteiger partial charge in [-0.2, -0.15) is 0 Å².